The highest BCUT2D eigenvalue weighted by Crippen LogP contribution is 2.32. The predicted molar refractivity (Wildman–Crippen MR) is 99.4 cm³/mol. The Kier molecular flexibility index (Phi) is 4.07. The molecule has 0 saturated carbocycles. The van der Waals surface area contributed by atoms with E-state index in [1.807, 2.05) is 24.0 Å². The van der Waals surface area contributed by atoms with E-state index >= 15 is 0 Å². The number of rotatable bonds is 2. The Balaban J connectivity index is 1.75. The van der Waals surface area contributed by atoms with Gasteiger partial charge in [-0.15, -0.1) is 0 Å². The molecule has 0 saturated heterocycles. The van der Waals surface area contributed by atoms with Crippen LogP contribution in [0.15, 0.2) is 48.7 Å². The minimum Gasteiger partial charge on any atom is -0.308 e. The van der Waals surface area contributed by atoms with Crippen molar-refractivity contribution < 1.29 is 9.18 Å². The first-order valence-electron chi connectivity index (χ1n) is 8.78. The fraction of sp³-hybridized carbons (Fsp3) is 0.238. The van der Waals surface area contributed by atoms with Gasteiger partial charge in [0, 0.05) is 6.54 Å². The van der Waals surface area contributed by atoms with E-state index in [2.05, 4.69) is 11.2 Å². The van der Waals surface area contributed by atoms with Crippen LogP contribution >= 0.6 is 0 Å². The van der Waals surface area contributed by atoms with E-state index in [0.29, 0.717) is 23.5 Å². The Labute approximate surface area is 151 Å². The number of carbonyl (C=O) groups excluding carboxylic acids is 1. The molecule has 2 heterocycles. The maximum absolute atomic E-state index is 14.1. The molecule has 0 aliphatic carbocycles. The number of aromatic nitrogens is 2. The van der Waals surface area contributed by atoms with Crippen molar-refractivity contribution in [1.82, 2.24) is 9.78 Å². The molecule has 0 N–H and O–H groups in total. The van der Waals surface area contributed by atoms with Crippen molar-refractivity contribution in [1.29, 1.82) is 0 Å². The average Bonchev–Trinajstić information content (AvgIpc) is 3.02. The van der Waals surface area contributed by atoms with Crippen molar-refractivity contribution in [3.63, 3.8) is 0 Å². The Morgan fingerprint density at radius 1 is 1.12 bits per heavy atom. The Morgan fingerprint density at radius 2 is 1.92 bits per heavy atom. The second-order valence-corrected chi connectivity index (χ2v) is 6.65. The van der Waals surface area contributed by atoms with Gasteiger partial charge in [-0.1, -0.05) is 30.3 Å². The van der Waals surface area contributed by atoms with E-state index in [0.717, 1.165) is 24.1 Å². The molecule has 26 heavy (non-hydrogen) atoms. The van der Waals surface area contributed by atoms with Crippen molar-refractivity contribution in [2.24, 2.45) is 0 Å². The minimum absolute atomic E-state index is 0.0830. The maximum atomic E-state index is 14.1. The number of benzene rings is 2. The zero-order valence-electron chi connectivity index (χ0n) is 14.9. The molecule has 4 nitrogen and oxygen atoms in total. The average molecular weight is 349 g/mol. The summed E-state index contributed by atoms with van der Waals surface area (Å²) >= 11 is 0. The molecule has 1 aromatic heterocycles. The molecule has 1 aliphatic rings. The smallest absolute Gasteiger partial charge is 0.261 e. The fourth-order valence-electron chi connectivity index (χ4n) is 3.68. The summed E-state index contributed by atoms with van der Waals surface area (Å²) in [6.45, 7) is 4.51. The maximum Gasteiger partial charge on any atom is 0.261 e. The van der Waals surface area contributed by atoms with Crippen LogP contribution in [0.4, 0.5) is 10.1 Å². The molecule has 5 heteroatoms. The van der Waals surface area contributed by atoms with Gasteiger partial charge >= 0.3 is 0 Å². The number of carbonyl (C=O) groups is 1. The Bertz CT molecular complexity index is 993. The quantitative estimate of drug-likeness (QED) is 0.695. The standard InChI is InChI=1S/C21H20FN3O/c1-14-7-5-8-16-9-6-12-24(20(14)16)21(26)17-13-23-25(15(17)2)19-11-4-3-10-18(19)22/h3-5,7-8,10-11,13H,6,9,12H2,1-2H3. The summed E-state index contributed by atoms with van der Waals surface area (Å²) in [6.07, 6.45) is 3.45. The van der Waals surface area contributed by atoms with Gasteiger partial charge < -0.3 is 4.90 Å². The van der Waals surface area contributed by atoms with Crippen LogP contribution in [0.5, 0.6) is 0 Å². The Hall–Kier alpha value is -2.95. The molecule has 0 radical (unpaired) electrons. The topological polar surface area (TPSA) is 38.1 Å². The molecule has 0 bridgehead atoms. The van der Waals surface area contributed by atoms with Crippen LogP contribution in [0.3, 0.4) is 0 Å². The van der Waals surface area contributed by atoms with Crippen LogP contribution in [-0.4, -0.2) is 22.2 Å². The van der Waals surface area contributed by atoms with Crippen molar-refractivity contribution in [2.45, 2.75) is 26.7 Å². The first kappa shape index (κ1) is 16.5. The number of anilines is 1. The van der Waals surface area contributed by atoms with Crippen LogP contribution in [0.2, 0.25) is 0 Å². The van der Waals surface area contributed by atoms with Crippen LogP contribution < -0.4 is 4.90 Å². The van der Waals surface area contributed by atoms with Gasteiger partial charge in [-0.25, -0.2) is 9.07 Å². The number of hydrogen-bond donors (Lipinski definition) is 0. The van der Waals surface area contributed by atoms with E-state index in [4.69, 9.17) is 0 Å². The van der Waals surface area contributed by atoms with Crippen LogP contribution in [0.1, 0.15) is 33.6 Å². The first-order valence-corrected chi connectivity index (χ1v) is 8.78. The monoisotopic (exact) mass is 349 g/mol. The first-order chi connectivity index (χ1) is 12.6. The zero-order chi connectivity index (χ0) is 18.3. The number of aryl methyl sites for hydroxylation is 2. The largest absolute Gasteiger partial charge is 0.308 e. The summed E-state index contributed by atoms with van der Waals surface area (Å²) in [5.74, 6) is -0.447. The number of fused-ring (bicyclic) bond motifs is 1. The molecule has 1 amide bonds. The van der Waals surface area contributed by atoms with Gasteiger partial charge in [0.05, 0.1) is 23.1 Å². The SMILES string of the molecule is Cc1cccc2c1N(C(=O)c1cnn(-c3ccccc3F)c1C)CCC2. The van der Waals surface area contributed by atoms with Crippen molar-refractivity contribution >= 4 is 11.6 Å². The normalized spacial score (nSPS) is 13.6. The summed E-state index contributed by atoms with van der Waals surface area (Å²) in [4.78, 5) is 15.1. The molecule has 132 valence electrons. The van der Waals surface area contributed by atoms with Gasteiger partial charge in [-0.2, -0.15) is 5.10 Å². The lowest BCUT2D eigenvalue weighted by molar-refractivity contribution is 0.0984. The lowest BCUT2D eigenvalue weighted by atomic mass is 9.97. The summed E-state index contributed by atoms with van der Waals surface area (Å²) in [5.41, 5.74) is 4.78. The third kappa shape index (κ3) is 2.60. The molecule has 0 atom stereocenters. The summed E-state index contributed by atoms with van der Waals surface area (Å²) < 4.78 is 15.6. The minimum atomic E-state index is -0.364. The van der Waals surface area contributed by atoms with E-state index in [9.17, 15) is 9.18 Å². The highest BCUT2D eigenvalue weighted by molar-refractivity contribution is 6.07. The number of para-hydroxylation sites is 2. The van der Waals surface area contributed by atoms with Gasteiger partial charge in [0.2, 0.25) is 0 Å². The van der Waals surface area contributed by atoms with E-state index < -0.39 is 0 Å². The zero-order valence-corrected chi connectivity index (χ0v) is 14.9. The van der Waals surface area contributed by atoms with Gasteiger partial charge in [-0.3, -0.25) is 4.79 Å². The van der Waals surface area contributed by atoms with Crippen LogP contribution in [-0.2, 0) is 6.42 Å². The molecule has 0 fully saturated rings. The number of hydrogen-bond acceptors (Lipinski definition) is 2. The number of nitrogens with zero attached hydrogens (tertiary/aromatic N) is 3. The van der Waals surface area contributed by atoms with Crippen LogP contribution in [0.25, 0.3) is 5.69 Å². The van der Waals surface area contributed by atoms with Gasteiger partial charge in [-0.05, 0) is 49.9 Å². The third-order valence-electron chi connectivity index (χ3n) is 4.99. The van der Waals surface area contributed by atoms with E-state index in [1.165, 1.54) is 22.5 Å². The highest BCUT2D eigenvalue weighted by atomic mass is 19.1. The second kappa shape index (κ2) is 6.41. The third-order valence-corrected chi connectivity index (χ3v) is 4.99. The van der Waals surface area contributed by atoms with Crippen molar-refractivity contribution in [3.05, 3.63) is 76.9 Å². The van der Waals surface area contributed by atoms with Crippen molar-refractivity contribution in [2.75, 3.05) is 11.4 Å². The molecule has 2 aromatic carbocycles. The van der Waals surface area contributed by atoms with Crippen molar-refractivity contribution in [3.8, 4) is 5.69 Å². The number of halogens is 1. The molecule has 3 aromatic rings. The molecule has 0 unspecified atom stereocenters. The Morgan fingerprint density at radius 3 is 2.73 bits per heavy atom. The van der Waals surface area contributed by atoms with E-state index in [1.54, 1.807) is 25.1 Å². The number of amides is 1. The summed E-state index contributed by atoms with van der Waals surface area (Å²) in [7, 11) is 0. The fourth-order valence-corrected chi connectivity index (χ4v) is 3.68. The lowest BCUT2D eigenvalue weighted by Crippen LogP contribution is -2.36. The summed E-state index contributed by atoms with van der Waals surface area (Å²) in [6, 6.07) is 12.6. The molecule has 0 spiro atoms. The summed E-state index contributed by atoms with van der Waals surface area (Å²) in [5, 5.41) is 4.27. The lowest BCUT2D eigenvalue weighted by Gasteiger charge is -2.31. The van der Waals surface area contributed by atoms with Gasteiger partial charge in [0.25, 0.3) is 5.91 Å². The predicted octanol–water partition coefficient (Wildman–Crippen LogP) is 4.22. The van der Waals surface area contributed by atoms with E-state index in [-0.39, 0.29) is 11.7 Å². The molecular formula is C21H20FN3O. The van der Waals surface area contributed by atoms with Crippen LogP contribution in [0, 0.1) is 19.7 Å². The van der Waals surface area contributed by atoms with Gasteiger partial charge in [0.1, 0.15) is 11.5 Å². The highest BCUT2D eigenvalue weighted by Gasteiger charge is 2.27. The van der Waals surface area contributed by atoms with Gasteiger partial charge in [0.15, 0.2) is 0 Å². The molecule has 1 aliphatic heterocycles. The molecule has 4 rings (SSSR count). The molecular weight excluding hydrogens is 329 g/mol. The second-order valence-electron chi connectivity index (χ2n) is 6.65.